The molecule has 2 amide bonds. The van der Waals surface area contributed by atoms with Crippen LogP contribution in [-0.4, -0.2) is 29.9 Å². The van der Waals surface area contributed by atoms with E-state index in [4.69, 9.17) is 4.74 Å². The Morgan fingerprint density at radius 3 is 2.32 bits per heavy atom. The molecular formula is C21H27N3O4. The van der Waals surface area contributed by atoms with Crippen molar-refractivity contribution in [3.05, 3.63) is 52.3 Å². The Bertz CT molecular complexity index is 869. The van der Waals surface area contributed by atoms with E-state index in [1.165, 1.54) is 7.11 Å². The second-order valence-corrected chi connectivity index (χ2v) is 6.54. The van der Waals surface area contributed by atoms with Gasteiger partial charge in [0.1, 0.15) is 5.69 Å². The molecule has 0 radical (unpaired) electrons. The molecule has 0 saturated heterocycles. The van der Waals surface area contributed by atoms with E-state index in [1.807, 2.05) is 26.0 Å². The predicted molar refractivity (Wildman–Crippen MR) is 107 cm³/mol. The van der Waals surface area contributed by atoms with E-state index in [0.717, 1.165) is 5.56 Å². The van der Waals surface area contributed by atoms with Gasteiger partial charge in [-0.1, -0.05) is 26.0 Å². The molecule has 2 aromatic rings. The first-order chi connectivity index (χ1) is 13.3. The van der Waals surface area contributed by atoms with Crippen LogP contribution in [0.5, 0.6) is 0 Å². The van der Waals surface area contributed by atoms with Gasteiger partial charge < -0.3 is 20.4 Å². The summed E-state index contributed by atoms with van der Waals surface area (Å²) in [5.41, 5.74) is 3.64. The summed E-state index contributed by atoms with van der Waals surface area (Å²) in [6.07, 6.45) is 0.996. The second-order valence-electron chi connectivity index (χ2n) is 6.54. The number of carbonyl (C=O) groups is 3. The number of amides is 2. The maximum Gasteiger partial charge on any atom is 0.339 e. The third-order valence-electron chi connectivity index (χ3n) is 4.66. The Kier molecular flexibility index (Phi) is 6.98. The largest absolute Gasteiger partial charge is 0.465 e. The number of aromatic nitrogens is 1. The fourth-order valence-corrected chi connectivity index (χ4v) is 2.99. The van der Waals surface area contributed by atoms with Crippen molar-refractivity contribution in [1.29, 1.82) is 0 Å². The minimum absolute atomic E-state index is 0.0514. The summed E-state index contributed by atoms with van der Waals surface area (Å²) in [4.78, 5) is 39.3. The number of hydrogen-bond acceptors (Lipinski definition) is 4. The Balaban J connectivity index is 2.15. The van der Waals surface area contributed by atoms with Crippen molar-refractivity contribution >= 4 is 23.5 Å². The molecule has 1 aromatic carbocycles. The normalized spacial score (nSPS) is 11.6. The second kappa shape index (κ2) is 9.21. The Hall–Kier alpha value is -3.09. The molecule has 0 aliphatic heterocycles. The minimum Gasteiger partial charge on any atom is -0.465 e. The van der Waals surface area contributed by atoms with Crippen LogP contribution in [0.1, 0.15) is 70.9 Å². The molecule has 0 spiro atoms. The lowest BCUT2D eigenvalue weighted by atomic mass is 10.1. The van der Waals surface area contributed by atoms with Crippen molar-refractivity contribution in [2.24, 2.45) is 0 Å². The topological polar surface area (TPSA) is 100 Å². The molecule has 3 N–H and O–H groups in total. The quantitative estimate of drug-likeness (QED) is 0.635. The molecule has 0 aliphatic rings. The third-order valence-corrected chi connectivity index (χ3v) is 4.66. The molecule has 0 aliphatic carbocycles. The summed E-state index contributed by atoms with van der Waals surface area (Å²) in [6, 6.07) is 7.06. The maximum atomic E-state index is 12.7. The van der Waals surface area contributed by atoms with Gasteiger partial charge in [-0.15, -0.1) is 0 Å². The van der Waals surface area contributed by atoms with Gasteiger partial charge >= 0.3 is 5.97 Å². The van der Waals surface area contributed by atoms with Gasteiger partial charge in [0.2, 0.25) is 5.91 Å². The molecular weight excluding hydrogens is 358 g/mol. The molecule has 150 valence electrons. The highest BCUT2D eigenvalue weighted by atomic mass is 16.5. The van der Waals surface area contributed by atoms with Gasteiger partial charge in [0.15, 0.2) is 0 Å². The number of nitrogens with one attached hydrogen (secondary N) is 3. The number of aromatic amines is 1. The molecule has 7 heteroatoms. The Morgan fingerprint density at radius 2 is 1.79 bits per heavy atom. The molecule has 7 nitrogen and oxygen atoms in total. The van der Waals surface area contributed by atoms with Gasteiger partial charge in [-0.25, -0.2) is 4.79 Å². The van der Waals surface area contributed by atoms with Crippen molar-refractivity contribution in [2.45, 2.75) is 46.6 Å². The summed E-state index contributed by atoms with van der Waals surface area (Å²) >= 11 is 0. The molecule has 1 aromatic heterocycles. The molecule has 1 atom stereocenters. The smallest absolute Gasteiger partial charge is 0.339 e. The molecule has 2 rings (SSSR count). The standard InChI is InChI=1S/C21H27N3O4/c1-6-16-18(21(27)28-5)12(3)19(24-16)20(26)22-13(4)14-8-10-15(11-9-14)23-17(25)7-2/h8-11,13,24H,6-7H2,1-5H3,(H,22,26)(H,23,25). The van der Waals surface area contributed by atoms with Crippen LogP contribution >= 0.6 is 0 Å². The first kappa shape index (κ1) is 21.2. The number of H-pyrrole nitrogens is 1. The fourth-order valence-electron chi connectivity index (χ4n) is 2.99. The molecule has 1 heterocycles. The fraction of sp³-hybridized carbons (Fsp3) is 0.381. The van der Waals surface area contributed by atoms with E-state index in [-0.39, 0.29) is 17.9 Å². The minimum atomic E-state index is -0.456. The van der Waals surface area contributed by atoms with Crippen LogP contribution in [0.4, 0.5) is 5.69 Å². The lowest BCUT2D eigenvalue weighted by Crippen LogP contribution is -2.27. The average Bonchev–Trinajstić information content (AvgIpc) is 3.04. The van der Waals surface area contributed by atoms with Gasteiger partial charge in [-0.3, -0.25) is 9.59 Å². The first-order valence-corrected chi connectivity index (χ1v) is 9.32. The van der Waals surface area contributed by atoms with Gasteiger partial charge in [0, 0.05) is 17.8 Å². The van der Waals surface area contributed by atoms with Crippen LogP contribution in [0.2, 0.25) is 0 Å². The van der Waals surface area contributed by atoms with Gasteiger partial charge in [-0.05, 0) is 43.5 Å². The SMILES string of the molecule is CCC(=O)Nc1ccc(C(C)NC(=O)c2[nH]c(CC)c(C(=O)OC)c2C)cc1. The molecule has 0 fully saturated rings. The van der Waals surface area contributed by atoms with E-state index in [0.29, 0.717) is 41.0 Å². The van der Waals surface area contributed by atoms with Crippen LogP contribution in [0, 0.1) is 6.92 Å². The summed E-state index contributed by atoms with van der Waals surface area (Å²) in [5.74, 6) is -0.801. The number of methoxy groups -OCH3 is 1. The van der Waals surface area contributed by atoms with E-state index >= 15 is 0 Å². The van der Waals surface area contributed by atoms with Crippen molar-refractivity contribution in [3.8, 4) is 0 Å². The van der Waals surface area contributed by atoms with Crippen LogP contribution in [0.15, 0.2) is 24.3 Å². The lowest BCUT2D eigenvalue weighted by Gasteiger charge is -2.15. The maximum absolute atomic E-state index is 12.7. The number of aryl methyl sites for hydroxylation is 1. The summed E-state index contributed by atoms with van der Waals surface area (Å²) in [7, 11) is 1.32. The van der Waals surface area contributed by atoms with Crippen LogP contribution in [0.3, 0.4) is 0 Å². The van der Waals surface area contributed by atoms with Crippen LogP contribution in [-0.2, 0) is 16.0 Å². The zero-order valence-corrected chi connectivity index (χ0v) is 16.9. The van der Waals surface area contributed by atoms with Crippen molar-refractivity contribution in [1.82, 2.24) is 10.3 Å². The Morgan fingerprint density at radius 1 is 1.14 bits per heavy atom. The number of carbonyl (C=O) groups excluding carboxylic acids is 3. The predicted octanol–water partition coefficient (Wildman–Crippen LogP) is 3.51. The van der Waals surface area contributed by atoms with Crippen molar-refractivity contribution in [2.75, 3.05) is 12.4 Å². The van der Waals surface area contributed by atoms with Crippen molar-refractivity contribution < 1.29 is 19.1 Å². The van der Waals surface area contributed by atoms with Gasteiger partial charge in [0.25, 0.3) is 5.91 Å². The highest BCUT2D eigenvalue weighted by Crippen LogP contribution is 2.22. The van der Waals surface area contributed by atoms with Crippen LogP contribution in [0.25, 0.3) is 0 Å². The number of hydrogen-bond donors (Lipinski definition) is 3. The third kappa shape index (κ3) is 4.60. The molecule has 0 bridgehead atoms. The van der Waals surface area contributed by atoms with E-state index in [2.05, 4.69) is 15.6 Å². The number of ether oxygens (including phenoxy) is 1. The summed E-state index contributed by atoms with van der Waals surface area (Å²) in [6.45, 7) is 7.30. The van der Waals surface area contributed by atoms with Gasteiger partial charge in [-0.2, -0.15) is 0 Å². The summed E-state index contributed by atoms with van der Waals surface area (Å²) < 4.78 is 4.83. The Labute approximate surface area is 164 Å². The zero-order chi connectivity index (χ0) is 20.8. The lowest BCUT2D eigenvalue weighted by molar-refractivity contribution is -0.115. The number of esters is 1. The summed E-state index contributed by atoms with van der Waals surface area (Å²) in [5, 5.41) is 5.72. The first-order valence-electron chi connectivity index (χ1n) is 9.32. The van der Waals surface area contributed by atoms with E-state index in [1.54, 1.807) is 26.0 Å². The van der Waals surface area contributed by atoms with E-state index < -0.39 is 5.97 Å². The average molecular weight is 385 g/mol. The highest BCUT2D eigenvalue weighted by molar-refractivity contribution is 6.00. The zero-order valence-electron chi connectivity index (χ0n) is 16.9. The van der Waals surface area contributed by atoms with E-state index in [9.17, 15) is 14.4 Å². The number of rotatable bonds is 7. The molecule has 0 saturated carbocycles. The van der Waals surface area contributed by atoms with Gasteiger partial charge in [0.05, 0.1) is 18.7 Å². The highest BCUT2D eigenvalue weighted by Gasteiger charge is 2.24. The number of benzene rings is 1. The monoisotopic (exact) mass is 385 g/mol. The molecule has 28 heavy (non-hydrogen) atoms. The number of anilines is 1. The molecule has 1 unspecified atom stereocenters. The van der Waals surface area contributed by atoms with Crippen LogP contribution < -0.4 is 10.6 Å². The van der Waals surface area contributed by atoms with Crippen molar-refractivity contribution in [3.63, 3.8) is 0 Å².